The minimum Gasteiger partial charge on any atom is -0.493 e. The fourth-order valence-corrected chi connectivity index (χ4v) is 2.75. The zero-order valence-electron chi connectivity index (χ0n) is 16.2. The number of hydrogen-bond donors (Lipinski definition) is 2. The highest BCUT2D eigenvalue weighted by Gasteiger charge is 2.08. The molecule has 28 heavy (non-hydrogen) atoms. The fraction of sp³-hybridized carbons (Fsp3) is 0.182. The normalized spacial score (nSPS) is 10.2. The van der Waals surface area contributed by atoms with Gasteiger partial charge >= 0.3 is 0 Å². The van der Waals surface area contributed by atoms with Gasteiger partial charge in [-0.15, -0.1) is 0 Å². The molecule has 0 saturated carbocycles. The van der Waals surface area contributed by atoms with E-state index < -0.39 is 0 Å². The number of nitrogens with zero attached hydrogens (tertiary/aromatic N) is 1. The molecular weight excluding hydrogens is 354 g/mol. The van der Waals surface area contributed by atoms with E-state index in [4.69, 9.17) is 9.47 Å². The van der Waals surface area contributed by atoms with E-state index >= 15 is 0 Å². The van der Waals surface area contributed by atoms with Crippen molar-refractivity contribution < 1.29 is 14.3 Å². The molecule has 3 rings (SSSR count). The first-order valence-corrected chi connectivity index (χ1v) is 8.88. The molecule has 2 aromatic carbocycles. The van der Waals surface area contributed by atoms with Gasteiger partial charge in [0.25, 0.3) is 5.91 Å². The first kappa shape index (κ1) is 19.2. The first-order chi connectivity index (χ1) is 13.6. The summed E-state index contributed by atoms with van der Waals surface area (Å²) < 4.78 is 10.6. The van der Waals surface area contributed by atoms with Crippen molar-refractivity contribution in [3.8, 4) is 11.5 Å². The summed E-state index contributed by atoms with van der Waals surface area (Å²) in [5.74, 6) is 1.14. The molecule has 1 heterocycles. The van der Waals surface area contributed by atoms with E-state index in [1.165, 1.54) is 0 Å². The minimum atomic E-state index is -0.239. The summed E-state index contributed by atoms with van der Waals surface area (Å²) in [7, 11) is 3.22. The summed E-state index contributed by atoms with van der Waals surface area (Å²) in [6.07, 6.45) is 1.64. The number of hydrogen-bond acceptors (Lipinski definition) is 5. The highest BCUT2D eigenvalue weighted by Crippen LogP contribution is 2.27. The number of carbonyl (C=O) groups is 1. The highest BCUT2D eigenvalue weighted by atomic mass is 16.5. The lowest BCUT2D eigenvalue weighted by Gasteiger charge is -2.11. The highest BCUT2D eigenvalue weighted by molar-refractivity contribution is 6.02. The number of pyridine rings is 1. The number of methoxy groups -OCH3 is 2. The Labute approximate surface area is 164 Å². The van der Waals surface area contributed by atoms with Gasteiger partial charge < -0.3 is 20.1 Å². The Morgan fingerprint density at radius 1 is 0.964 bits per heavy atom. The van der Waals surface area contributed by atoms with E-state index in [1.54, 1.807) is 26.5 Å². The Bertz CT molecular complexity index is 955. The number of aryl methyl sites for hydroxylation is 1. The molecule has 1 aromatic heterocycles. The van der Waals surface area contributed by atoms with Crippen molar-refractivity contribution in [1.29, 1.82) is 0 Å². The number of aromatic nitrogens is 1. The molecule has 0 unspecified atom stereocenters. The monoisotopic (exact) mass is 377 g/mol. The van der Waals surface area contributed by atoms with Gasteiger partial charge in [-0.3, -0.25) is 4.79 Å². The second kappa shape index (κ2) is 8.90. The van der Waals surface area contributed by atoms with Gasteiger partial charge in [-0.2, -0.15) is 0 Å². The van der Waals surface area contributed by atoms with Crippen molar-refractivity contribution in [3.05, 3.63) is 77.6 Å². The predicted molar refractivity (Wildman–Crippen MR) is 110 cm³/mol. The average molecular weight is 377 g/mol. The van der Waals surface area contributed by atoms with Crippen molar-refractivity contribution in [1.82, 2.24) is 4.98 Å². The molecule has 2 N–H and O–H groups in total. The molecule has 3 aromatic rings. The zero-order chi connectivity index (χ0) is 19.9. The van der Waals surface area contributed by atoms with Crippen LogP contribution in [-0.4, -0.2) is 25.1 Å². The van der Waals surface area contributed by atoms with Crippen LogP contribution in [-0.2, 0) is 6.54 Å². The molecule has 0 atom stereocenters. The molecule has 0 aliphatic rings. The van der Waals surface area contributed by atoms with E-state index in [0.717, 1.165) is 22.5 Å². The SMILES string of the molecule is COc1ccc(CNc2ccc(C(=O)Nc3cccc(C)c3)nc2)cc1OC. The molecule has 0 aliphatic carbocycles. The maximum absolute atomic E-state index is 12.3. The summed E-state index contributed by atoms with van der Waals surface area (Å²) >= 11 is 0. The van der Waals surface area contributed by atoms with Crippen molar-refractivity contribution in [2.75, 3.05) is 24.9 Å². The Balaban J connectivity index is 1.60. The Morgan fingerprint density at radius 2 is 1.79 bits per heavy atom. The van der Waals surface area contributed by atoms with Crippen molar-refractivity contribution in [3.63, 3.8) is 0 Å². The van der Waals surface area contributed by atoms with Crippen LogP contribution in [0.2, 0.25) is 0 Å². The van der Waals surface area contributed by atoms with Crippen LogP contribution in [0.5, 0.6) is 11.5 Å². The molecule has 0 fully saturated rings. The van der Waals surface area contributed by atoms with Crippen LogP contribution >= 0.6 is 0 Å². The van der Waals surface area contributed by atoms with Crippen LogP contribution in [0.1, 0.15) is 21.6 Å². The summed E-state index contributed by atoms with van der Waals surface area (Å²) in [5, 5.41) is 6.13. The Hall–Kier alpha value is -3.54. The third-order valence-electron chi connectivity index (χ3n) is 4.22. The molecule has 0 aliphatic heterocycles. The molecule has 0 spiro atoms. The van der Waals surface area contributed by atoms with Gasteiger partial charge in [0.2, 0.25) is 0 Å². The standard InChI is InChI=1S/C22H23N3O3/c1-15-5-4-6-17(11-15)25-22(26)19-9-8-18(14-24-19)23-13-16-7-10-20(27-2)21(12-16)28-3/h4-12,14,23H,13H2,1-3H3,(H,25,26). The third kappa shape index (κ3) is 4.79. The van der Waals surface area contributed by atoms with E-state index in [9.17, 15) is 4.79 Å². The number of ether oxygens (including phenoxy) is 2. The van der Waals surface area contributed by atoms with Gasteiger partial charge in [-0.25, -0.2) is 4.98 Å². The van der Waals surface area contributed by atoms with Gasteiger partial charge in [-0.05, 0) is 54.4 Å². The molecule has 6 heteroatoms. The van der Waals surface area contributed by atoms with Crippen LogP contribution in [0.25, 0.3) is 0 Å². The van der Waals surface area contributed by atoms with Crippen molar-refractivity contribution >= 4 is 17.3 Å². The molecule has 1 amide bonds. The smallest absolute Gasteiger partial charge is 0.274 e. The molecule has 0 bridgehead atoms. The van der Waals surface area contributed by atoms with Crippen LogP contribution in [0.4, 0.5) is 11.4 Å². The number of rotatable bonds is 7. The lowest BCUT2D eigenvalue weighted by molar-refractivity contribution is 0.102. The number of benzene rings is 2. The first-order valence-electron chi connectivity index (χ1n) is 8.88. The maximum Gasteiger partial charge on any atom is 0.274 e. The Kier molecular flexibility index (Phi) is 6.11. The number of nitrogens with one attached hydrogen (secondary N) is 2. The average Bonchev–Trinajstić information content (AvgIpc) is 2.72. The zero-order valence-corrected chi connectivity index (χ0v) is 16.2. The van der Waals surface area contributed by atoms with Crippen LogP contribution < -0.4 is 20.1 Å². The second-order valence-electron chi connectivity index (χ2n) is 6.30. The van der Waals surface area contributed by atoms with Gasteiger partial charge in [0, 0.05) is 12.2 Å². The fourth-order valence-electron chi connectivity index (χ4n) is 2.75. The van der Waals surface area contributed by atoms with E-state index in [0.29, 0.717) is 23.7 Å². The predicted octanol–water partition coefficient (Wildman–Crippen LogP) is 4.27. The van der Waals surface area contributed by atoms with E-state index in [-0.39, 0.29) is 5.91 Å². The molecule has 144 valence electrons. The lowest BCUT2D eigenvalue weighted by Crippen LogP contribution is -2.13. The van der Waals surface area contributed by atoms with Gasteiger partial charge in [0.1, 0.15) is 5.69 Å². The summed E-state index contributed by atoms with van der Waals surface area (Å²) in [5.41, 5.74) is 4.06. The Morgan fingerprint density at radius 3 is 2.46 bits per heavy atom. The third-order valence-corrected chi connectivity index (χ3v) is 4.22. The van der Waals surface area contributed by atoms with Gasteiger partial charge in [0.05, 0.1) is 26.1 Å². The second-order valence-corrected chi connectivity index (χ2v) is 6.30. The van der Waals surface area contributed by atoms with Crippen molar-refractivity contribution in [2.45, 2.75) is 13.5 Å². The molecule has 0 saturated heterocycles. The largest absolute Gasteiger partial charge is 0.493 e. The molecule has 0 radical (unpaired) electrons. The molecular formula is C22H23N3O3. The van der Waals surface area contributed by atoms with Crippen LogP contribution in [0.15, 0.2) is 60.8 Å². The van der Waals surface area contributed by atoms with Gasteiger partial charge in [-0.1, -0.05) is 18.2 Å². The topological polar surface area (TPSA) is 72.5 Å². The van der Waals surface area contributed by atoms with E-state index in [1.807, 2.05) is 55.5 Å². The number of anilines is 2. The summed E-state index contributed by atoms with van der Waals surface area (Å²) in [4.78, 5) is 16.6. The van der Waals surface area contributed by atoms with Crippen molar-refractivity contribution in [2.24, 2.45) is 0 Å². The number of amides is 1. The molecule has 6 nitrogen and oxygen atoms in total. The van der Waals surface area contributed by atoms with Gasteiger partial charge in [0.15, 0.2) is 11.5 Å². The number of carbonyl (C=O) groups excluding carboxylic acids is 1. The summed E-state index contributed by atoms with van der Waals surface area (Å²) in [6.45, 7) is 2.57. The quantitative estimate of drug-likeness (QED) is 0.643. The lowest BCUT2D eigenvalue weighted by atomic mass is 10.2. The summed E-state index contributed by atoms with van der Waals surface area (Å²) in [6, 6.07) is 16.9. The van der Waals surface area contributed by atoms with E-state index in [2.05, 4.69) is 15.6 Å². The van der Waals surface area contributed by atoms with Crippen LogP contribution in [0, 0.1) is 6.92 Å². The maximum atomic E-state index is 12.3. The minimum absolute atomic E-state index is 0.239. The van der Waals surface area contributed by atoms with Crippen LogP contribution in [0.3, 0.4) is 0 Å².